The van der Waals surface area contributed by atoms with Crippen molar-refractivity contribution in [2.45, 2.75) is 13.0 Å². The van der Waals surface area contributed by atoms with Gasteiger partial charge in [0.1, 0.15) is 0 Å². The Morgan fingerprint density at radius 2 is 1.50 bits per heavy atom. The highest BCUT2D eigenvalue weighted by Gasteiger charge is 2.14. The number of hydrogen-bond donors (Lipinski definition) is 2. The third kappa shape index (κ3) is 4.18. The Morgan fingerprint density at radius 3 is 2.17 bits per heavy atom. The van der Waals surface area contributed by atoms with Gasteiger partial charge in [0.05, 0.1) is 6.04 Å². The van der Waals surface area contributed by atoms with Crippen molar-refractivity contribution in [1.29, 1.82) is 0 Å². The number of benzene rings is 2. The number of anilines is 1. The summed E-state index contributed by atoms with van der Waals surface area (Å²) in [6, 6.07) is 22.4. The van der Waals surface area contributed by atoms with Crippen molar-refractivity contribution >= 4 is 23.0 Å². The Bertz CT molecular complexity index is 747. The van der Waals surface area contributed by atoms with E-state index in [1.165, 1.54) is 5.56 Å². The average Bonchev–Trinajstić information content (AvgIpc) is 2.63. The lowest BCUT2D eigenvalue weighted by atomic mass is 10.00. The first-order chi connectivity index (χ1) is 11.7. The van der Waals surface area contributed by atoms with Gasteiger partial charge in [-0.05, 0) is 54.5 Å². The summed E-state index contributed by atoms with van der Waals surface area (Å²) in [4.78, 5) is 4.10. The van der Waals surface area contributed by atoms with E-state index < -0.39 is 0 Å². The van der Waals surface area contributed by atoms with Crippen LogP contribution < -0.4 is 10.6 Å². The van der Waals surface area contributed by atoms with E-state index in [1.54, 1.807) is 12.4 Å². The molecule has 120 valence electrons. The van der Waals surface area contributed by atoms with Crippen LogP contribution in [0.25, 0.3) is 0 Å². The fourth-order valence-electron chi connectivity index (χ4n) is 2.50. The zero-order chi connectivity index (χ0) is 16.8. The first-order valence-corrected chi connectivity index (χ1v) is 8.22. The van der Waals surface area contributed by atoms with Crippen molar-refractivity contribution in [1.82, 2.24) is 10.3 Å². The van der Waals surface area contributed by atoms with Gasteiger partial charge in [-0.25, -0.2) is 0 Å². The second-order valence-corrected chi connectivity index (χ2v) is 6.00. The fourth-order valence-corrected chi connectivity index (χ4v) is 2.73. The maximum absolute atomic E-state index is 5.51. The van der Waals surface area contributed by atoms with Crippen LogP contribution in [0.4, 0.5) is 5.69 Å². The highest BCUT2D eigenvalue weighted by atomic mass is 32.1. The molecule has 0 aliphatic carbocycles. The van der Waals surface area contributed by atoms with Crippen LogP contribution in [-0.2, 0) is 0 Å². The summed E-state index contributed by atoms with van der Waals surface area (Å²) < 4.78 is 0. The number of thiocarbonyl (C=S) groups is 1. The average molecular weight is 333 g/mol. The monoisotopic (exact) mass is 333 g/mol. The Hall–Kier alpha value is -2.72. The molecule has 1 aromatic heterocycles. The third-order valence-electron chi connectivity index (χ3n) is 3.76. The molecule has 0 bridgehead atoms. The molecule has 4 heteroatoms. The highest BCUT2D eigenvalue weighted by Crippen LogP contribution is 2.21. The Balaban J connectivity index is 1.79. The summed E-state index contributed by atoms with van der Waals surface area (Å²) in [5, 5.41) is 7.24. The lowest BCUT2D eigenvalue weighted by Gasteiger charge is -2.22. The predicted octanol–water partition coefficient (Wildman–Crippen LogP) is 4.47. The quantitative estimate of drug-likeness (QED) is 0.691. The van der Waals surface area contributed by atoms with Crippen molar-refractivity contribution in [3.05, 3.63) is 95.8 Å². The molecule has 3 aromatic rings. The van der Waals surface area contributed by atoms with Crippen molar-refractivity contribution in [2.75, 3.05) is 5.32 Å². The largest absolute Gasteiger partial charge is 0.352 e. The summed E-state index contributed by atoms with van der Waals surface area (Å²) in [6.45, 7) is 2.06. The van der Waals surface area contributed by atoms with E-state index in [1.807, 2.05) is 42.5 Å². The molecule has 1 atom stereocenters. The van der Waals surface area contributed by atoms with Gasteiger partial charge in [0, 0.05) is 18.1 Å². The molecule has 2 aromatic carbocycles. The van der Waals surface area contributed by atoms with Crippen LogP contribution in [0.3, 0.4) is 0 Å². The number of pyridine rings is 1. The van der Waals surface area contributed by atoms with Gasteiger partial charge in [0.2, 0.25) is 0 Å². The fraction of sp³-hybridized carbons (Fsp3) is 0.100. The van der Waals surface area contributed by atoms with Crippen molar-refractivity contribution in [3.8, 4) is 0 Å². The molecule has 2 N–H and O–H groups in total. The molecule has 1 heterocycles. The van der Waals surface area contributed by atoms with Gasteiger partial charge in [0.15, 0.2) is 5.11 Å². The standard InChI is InChI=1S/C20H19N3S/c1-15-7-9-18(10-8-15)22-20(24)23-19(16-5-3-2-4-6-16)17-11-13-21-14-12-17/h2-14,19H,1H3,(H2,22,23,24)/t19-/m1/s1. The zero-order valence-corrected chi connectivity index (χ0v) is 14.3. The molecule has 0 amide bonds. The first kappa shape index (κ1) is 16.1. The minimum absolute atomic E-state index is 0.0281. The predicted molar refractivity (Wildman–Crippen MR) is 103 cm³/mol. The SMILES string of the molecule is Cc1ccc(NC(=S)N[C@H](c2ccccc2)c2ccncc2)cc1. The lowest BCUT2D eigenvalue weighted by molar-refractivity contribution is 0.767. The molecule has 24 heavy (non-hydrogen) atoms. The topological polar surface area (TPSA) is 37.0 Å². The van der Waals surface area contributed by atoms with E-state index in [-0.39, 0.29) is 6.04 Å². The van der Waals surface area contributed by atoms with Crippen LogP contribution >= 0.6 is 12.2 Å². The van der Waals surface area contributed by atoms with Crippen molar-refractivity contribution < 1.29 is 0 Å². The minimum atomic E-state index is -0.0281. The van der Waals surface area contributed by atoms with Gasteiger partial charge in [-0.1, -0.05) is 48.0 Å². The van der Waals surface area contributed by atoms with Gasteiger partial charge in [-0.15, -0.1) is 0 Å². The molecule has 0 spiro atoms. The number of aromatic nitrogens is 1. The molecule has 0 unspecified atom stereocenters. The van der Waals surface area contributed by atoms with E-state index in [0.29, 0.717) is 5.11 Å². The summed E-state index contributed by atoms with van der Waals surface area (Å²) >= 11 is 5.51. The first-order valence-electron chi connectivity index (χ1n) is 7.81. The number of nitrogens with one attached hydrogen (secondary N) is 2. The van der Waals surface area contributed by atoms with E-state index >= 15 is 0 Å². The minimum Gasteiger partial charge on any atom is -0.352 e. The van der Waals surface area contributed by atoms with Crippen LogP contribution in [0.2, 0.25) is 0 Å². The Kier molecular flexibility index (Phi) is 5.18. The second kappa shape index (κ2) is 7.70. The number of nitrogens with zero attached hydrogens (tertiary/aromatic N) is 1. The molecule has 0 aliphatic rings. The van der Waals surface area contributed by atoms with E-state index in [4.69, 9.17) is 12.2 Å². The van der Waals surface area contributed by atoms with Crippen LogP contribution in [0.5, 0.6) is 0 Å². The molecule has 0 fully saturated rings. The summed E-state index contributed by atoms with van der Waals surface area (Å²) in [6.07, 6.45) is 3.59. The summed E-state index contributed by atoms with van der Waals surface area (Å²) in [5.74, 6) is 0. The molecular formula is C20H19N3S. The number of rotatable bonds is 4. The molecule has 0 aliphatic heterocycles. The Morgan fingerprint density at radius 1 is 0.875 bits per heavy atom. The van der Waals surface area contributed by atoms with Gasteiger partial charge in [0.25, 0.3) is 0 Å². The smallest absolute Gasteiger partial charge is 0.171 e. The van der Waals surface area contributed by atoms with Crippen LogP contribution in [0.15, 0.2) is 79.1 Å². The summed E-state index contributed by atoms with van der Waals surface area (Å²) in [7, 11) is 0. The maximum atomic E-state index is 5.51. The van der Waals surface area contributed by atoms with Gasteiger partial charge in [-0.3, -0.25) is 4.98 Å². The van der Waals surface area contributed by atoms with Crippen molar-refractivity contribution in [3.63, 3.8) is 0 Å². The number of hydrogen-bond acceptors (Lipinski definition) is 2. The second-order valence-electron chi connectivity index (χ2n) is 5.59. The normalized spacial score (nSPS) is 11.5. The molecule has 0 saturated carbocycles. The van der Waals surface area contributed by atoms with Gasteiger partial charge < -0.3 is 10.6 Å². The van der Waals surface area contributed by atoms with Crippen LogP contribution in [-0.4, -0.2) is 10.1 Å². The van der Waals surface area contributed by atoms with E-state index in [0.717, 1.165) is 16.8 Å². The third-order valence-corrected chi connectivity index (χ3v) is 3.98. The number of aryl methyl sites for hydroxylation is 1. The molecule has 3 rings (SSSR count). The lowest BCUT2D eigenvalue weighted by Crippen LogP contribution is -2.33. The Labute approximate surface area is 147 Å². The maximum Gasteiger partial charge on any atom is 0.171 e. The summed E-state index contributed by atoms with van der Waals surface area (Å²) in [5.41, 5.74) is 4.46. The molecular weight excluding hydrogens is 314 g/mol. The zero-order valence-electron chi connectivity index (χ0n) is 13.4. The van der Waals surface area contributed by atoms with Crippen molar-refractivity contribution in [2.24, 2.45) is 0 Å². The van der Waals surface area contributed by atoms with E-state index in [2.05, 4.69) is 46.8 Å². The van der Waals surface area contributed by atoms with Gasteiger partial charge >= 0.3 is 0 Å². The van der Waals surface area contributed by atoms with Gasteiger partial charge in [-0.2, -0.15) is 0 Å². The molecule has 0 radical (unpaired) electrons. The molecule has 0 saturated heterocycles. The molecule has 3 nitrogen and oxygen atoms in total. The van der Waals surface area contributed by atoms with Crippen LogP contribution in [0, 0.1) is 6.92 Å². The van der Waals surface area contributed by atoms with E-state index in [9.17, 15) is 0 Å². The van der Waals surface area contributed by atoms with Crippen LogP contribution in [0.1, 0.15) is 22.7 Å². The highest BCUT2D eigenvalue weighted by molar-refractivity contribution is 7.80.